The molecule has 1 aliphatic heterocycles. The molecule has 3 rings (SSSR count). The van der Waals surface area contributed by atoms with Crippen molar-refractivity contribution in [2.75, 3.05) is 0 Å². The van der Waals surface area contributed by atoms with Crippen molar-refractivity contribution in [3.63, 3.8) is 0 Å². The lowest BCUT2D eigenvalue weighted by Crippen LogP contribution is -2.49. The second-order valence-electron chi connectivity index (χ2n) is 6.51. The maximum atomic E-state index is 12.3. The highest BCUT2D eigenvalue weighted by Crippen LogP contribution is 2.28. The number of benzene rings is 1. The van der Waals surface area contributed by atoms with Gasteiger partial charge in [-0.15, -0.1) is 0 Å². The summed E-state index contributed by atoms with van der Waals surface area (Å²) in [6.45, 7) is 0. The van der Waals surface area contributed by atoms with Crippen molar-refractivity contribution >= 4 is 11.8 Å². The molecule has 2 amide bonds. The first-order chi connectivity index (χ1) is 10.7. The Balaban J connectivity index is 1.60. The van der Waals surface area contributed by atoms with Gasteiger partial charge >= 0.3 is 0 Å². The molecule has 0 radical (unpaired) electrons. The quantitative estimate of drug-likeness (QED) is 0.895. The average Bonchev–Trinajstić information content (AvgIpc) is 2.97. The van der Waals surface area contributed by atoms with Gasteiger partial charge in [-0.3, -0.25) is 9.59 Å². The van der Waals surface area contributed by atoms with Crippen LogP contribution in [0.25, 0.3) is 0 Å². The topological polar surface area (TPSA) is 58.2 Å². The number of carbonyl (C=O) groups excluding carboxylic acids is 2. The fourth-order valence-corrected chi connectivity index (χ4v) is 3.65. The lowest BCUT2D eigenvalue weighted by atomic mass is 9.80. The highest BCUT2D eigenvalue weighted by atomic mass is 16.2. The van der Waals surface area contributed by atoms with E-state index in [2.05, 4.69) is 34.9 Å². The van der Waals surface area contributed by atoms with E-state index in [-0.39, 0.29) is 23.9 Å². The summed E-state index contributed by atoms with van der Waals surface area (Å²) in [5, 5.41) is 5.95. The first-order valence-electron chi connectivity index (χ1n) is 8.36. The molecule has 1 aliphatic carbocycles. The number of nitrogens with one attached hydrogen (secondary N) is 2. The Bertz CT molecular complexity index is 529. The summed E-state index contributed by atoms with van der Waals surface area (Å²) in [4.78, 5) is 23.6. The molecule has 1 aromatic rings. The van der Waals surface area contributed by atoms with E-state index in [1.54, 1.807) is 0 Å². The van der Waals surface area contributed by atoms with E-state index in [1.807, 2.05) is 6.07 Å². The van der Waals surface area contributed by atoms with Gasteiger partial charge in [0.25, 0.3) is 0 Å². The molecule has 118 valence electrons. The Morgan fingerprint density at radius 3 is 2.64 bits per heavy atom. The van der Waals surface area contributed by atoms with Gasteiger partial charge in [0.1, 0.15) is 6.04 Å². The Hall–Kier alpha value is -1.84. The maximum absolute atomic E-state index is 12.3. The van der Waals surface area contributed by atoms with E-state index < -0.39 is 0 Å². The van der Waals surface area contributed by atoms with Crippen LogP contribution in [0.15, 0.2) is 30.3 Å². The Labute approximate surface area is 131 Å². The van der Waals surface area contributed by atoms with Crippen molar-refractivity contribution < 1.29 is 9.59 Å². The third-order valence-electron chi connectivity index (χ3n) is 4.89. The Kier molecular flexibility index (Phi) is 4.76. The van der Waals surface area contributed by atoms with Crippen LogP contribution in [-0.4, -0.2) is 23.9 Å². The van der Waals surface area contributed by atoms with Crippen molar-refractivity contribution in [2.24, 2.45) is 5.92 Å². The molecular weight excluding hydrogens is 276 g/mol. The molecule has 2 fully saturated rings. The molecule has 4 heteroatoms. The summed E-state index contributed by atoms with van der Waals surface area (Å²) >= 11 is 0. The molecule has 0 bridgehead atoms. The van der Waals surface area contributed by atoms with Gasteiger partial charge in [-0.05, 0) is 37.2 Å². The molecule has 22 heavy (non-hydrogen) atoms. The van der Waals surface area contributed by atoms with Crippen LogP contribution in [0.5, 0.6) is 0 Å². The fraction of sp³-hybridized carbons (Fsp3) is 0.556. The van der Waals surface area contributed by atoms with Gasteiger partial charge in [0, 0.05) is 12.5 Å². The van der Waals surface area contributed by atoms with Gasteiger partial charge in [-0.1, -0.05) is 43.2 Å². The Morgan fingerprint density at radius 2 is 1.91 bits per heavy atom. The Morgan fingerprint density at radius 1 is 1.14 bits per heavy atom. The zero-order valence-corrected chi connectivity index (χ0v) is 12.9. The zero-order chi connectivity index (χ0) is 15.4. The van der Waals surface area contributed by atoms with E-state index in [0.29, 0.717) is 18.8 Å². The monoisotopic (exact) mass is 300 g/mol. The van der Waals surface area contributed by atoms with Crippen molar-refractivity contribution in [3.05, 3.63) is 35.9 Å². The van der Waals surface area contributed by atoms with Crippen molar-refractivity contribution in [1.82, 2.24) is 10.6 Å². The first-order valence-corrected chi connectivity index (χ1v) is 8.36. The number of amides is 2. The molecule has 0 spiro atoms. The fourth-order valence-electron chi connectivity index (χ4n) is 3.65. The highest BCUT2D eigenvalue weighted by Gasteiger charge is 2.32. The minimum Gasteiger partial charge on any atom is -0.351 e. The summed E-state index contributed by atoms with van der Waals surface area (Å²) in [5.41, 5.74) is 1.34. The van der Waals surface area contributed by atoms with Crippen molar-refractivity contribution in [3.8, 4) is 0 Å². The number of rotatable bonds is 4. The zero-order valence-electron chi connectivity index (χ0n) is 12.9. The van der Waals surface area contributed by atoms with Gasteiger partial charge in [0.2, 0.25) is 11.8 Å². The number of hydrogen-bond donors (Lipinski definition) is 2. The minimum atomic E-state index is -0.327. The second kappa shape index (κ2) is 6.95. The summed E-state index contributed by atoms with van der Waals surface area (Å²) < 4.78 is 0. The molecule has 2 aliphatic rings. The molecule has 1 saturated carbocycles. The number of carbonyl (C=O) groups is 2. The first kappa shape index (κ1) is 15.1. The molecule has 0 aromatic heterocycles. The third kappa shape index (κ3) is 3.67. The van der Waals surface area contributed by atoms with Crippen molar-refractivity contribution in [2.45, 2.75) is 57.0 Å². The molecule has 2 N–H and O–H groups in total. The predicted molar refractivity (Wildman–Crippen MR) is 85.2 cm³/mol. The van der Waals surface area contributed by atoms with E-state index in [9.17, 15) is 9.59 Å². The number of hydrogen-bond acceptors (Lipinski definition) is 2. The average molecular weight is 300 g/mol. The van der Waals surface area contributed by atoms with Gasteiger partial charge in [-0.25, -0.2) is 0 Å². The third-order valence-corrected chi connectivity index (χ3v) is 4.89. The molecule has 1 saturated heterocycles. The van der Waals surface area contributed by atoms with E-state index >= 15 is 0 Å². The van der Waals surface area contributed by atoms with E-state index in [4.69, 9.17) is 0 Å². The predicted octanol–water partition coefficient (Wildman–Crippen LogP) is 2.18. The van der Waals surface area contributed by atoms with Crippen LogP contribution in [0.4, 0.5) is 0 Å². The molecular formula is C18H24N2O2. The molecule has 4 nitrogen and oxygen atoms in total. The SMILES string of the molecule is O=C1CC[C@H](C(=O)N[C@@H]2CCCC[C@H]2Cc2ccccc2)N1. The van der Waals surface area contributed by atoms with Gasteiger partial charge < -0.3 is 10.6 Å². The van der Waals surface area contributed by atoms with Gasteiger partial charge in [0.15, 0.2) is 0 Å². The van der Waals surface area contributed by atoms with Crippen LogP contribution in [0.2, 0.25) is 0 Å². The van der Waals surface area contributed by atoms with E-state index in [0.717, 1.165) is 19.3 Å². The largest absolute Gasteiger partial charge is 0.351 e. The van der Waals surface area contributed by atoms with Gasteiger partial charge in [-0.2, -0.15) is 0 Å². The van der Waals surface area contributed by atoms with Crippen LogP contribution in [0.1, 0.15) is 44.1 Å². The summed E-state index contributed by atoms with van der Waals surface area (Å²) in [6.07, 6.45) is 6.73. The minimum absolute atomic E-state index is 0.00388. The lowest BCUT2D eigenvalue weighted by Gasteiger charge is -2.33. The second-order valence-corrected chi connectivity index (χ2v) is 6.51. The van der Waals surface area contributed by atoms with Gasteiger partial charge in [0.05, 0.1) is 0 Å². The standard InChI is InChI=1S/C18H24N2O2/c21-17-11-10-16(19-17)18(22)20-15-9-5-4-8-14(15)12-13-6-2-1-3-7-13/h1-3,6-7,14-16H,4-5,8-12H2,(H,19,21)(H,20,22)/t14-,15+,16+/m0/s1. The van der Waals surface area contributed by atoms with Crippen LogP contribution in [-0.2, 0) is 16.0 Å². The van der Waals surface area contributed by atoms with Crippen LogP contribution in [0.3, 0.4) is 0 Å². The summed E-state index contributed by atoms with van der Waals surface area (Å²) in [5.74, 6) is 0.484. The van der Waals surface area contributed by atoms with Crippen LogP contribution >= 0.6 is 0 Å². The van der Waals surface area contributed by atoms with E-state index in [1.165, 1.54) is 18.4 Å². The summed E-state index contributed by atoms with van der Waals surface area (Å²) in [7, 11) is 0. The normalized spacial score (nSPS) is 28.2. The van der Waals surface area contributed by atoms with Crippen molar-refractivity contribution in [1.29, 1.82) is 0 Å². The molecule has 1 heterocycles. The smallest absolute Gasteiger partial charge is 0.242 e. The maximum Gasteiger partial charge on any atom is 0.242 e. The lowest BCUT2D eigenvalue weighted by molar-refractivity contribution is -0.126. The molecule has 3 atom stereocenters. The molecule has 1 aromatic carbocycles. The highest BCUT2D eigenvalue weighted by molar-refractivity contribution is 5.90. The van der Waals surface area contributed by atoms with Crippen LogP contribution in [0, 0.1) is 5.92 Å². The molecule has 0 unspecified atom stereocenters. The summed E-state index contributed by atoms with van der Waals surface area (Å²) in [6, 6.07) is 10.4. The van der Waals surface area contributed by atoms with Crippen LogP contribution < -0.4 is 10.6 Å².